The SMILES string of the molecule is CNc1cc(-c2c(-c3ccc(F)cc3)ncn2CC(=O)N2CCNCC2)ccn1. The van der Waals surface area contributed by atoms with Crippen LogP contribution in [0.15, 0.2) is 48.9 Å². The van der Waals surface area contributed by atoms with Crippen LogP contribution in [0.3, 0.4) is 0 Å². The Morgan fingerprint density at radius 2 is 1.90 bits per heavy atom. The van der Waals surface area contributed by atoms with Gasteiger partial charge < -0.3 is 20.1 Å². The van der Waals surface area contributed by atoms with Crippen molar-refractivity contribution in [3.63, 3.8) is 0 Å². The molecule has 3 aromatic rings. The van der Waals surface area contributed by atoms with E-state index in [-0.39, 0.29) is 18.3 Å². The van der Waals surface area contributed by atoms with Gasteiger partial charge in [0.25, 0.3) is 0 Å². The summed E-state index contributed by atoms with van der Waals surface area (Å²) in [4.78, 5) is 23.5. The molecule has 1 saturated heterocycles. The number of halogens is 1. The minimum atomic E-state index is -0.301. The van der Waals surface area contributed by atoms with Gasteiger partial charge in [-0.15, -0.1) is 0 Å². The second-order valence-corrected chi connectivity index (χ2v) is 6.89. The molecule has 7 nitrogen and oxygen atoms in total. The Morgan fingerprint density at radius 3 is 2.62 bits per heavy atom. The summed E-state index contributed by atoms with van der Waals surface area (Å²) < 4.78 is 15.3. The summed E-state index contributed by atoms with van der Waals surface area (Å²) in [6.45, 7) is 3.21. The van der Waals surface area contributed by atoms with E-state index in [1.54, 1.807) is 31.7 Å². The summed E-state index contributed by atoms with van der Waals surface area (Å²) in [6.07, 6.45) is 3.39. The van der Waals surface area contributed by atoms with Gasteiger partial charge >= 0.3 is 0 Å². The van der Waals surface area contributed by atoms with E-state index in [9.17, 15) is 9.18 Å². The molecule has 1 aliphatic rings. The molecule has 0 radical (unpaired) electrons. The first-order valence-corrected chi connectivity index (χ1v) is 9.59. The van der Waals surface area contributed by atoms with Gasteiger partial charge in [0, 0.05) is 50.6 Å². The molecule has 8 heteroatoms. The molecule has 1 fully saturated rings. The fraction of sp³-hybridized carbons (Fsp3) is 0.286. The predicted octanol–water partition coefficient (Wildman–Crippen LogP) is 2.22. The van der Waals surface area contributed by atoms with Gasteiger partial charge in [-0.1, -0.05) is 0 Å². The average Bonchev–Trinajstić information content (AvgIpc) is 3.18. The fourth-order valence-electron chi connectivity index (χ4n) is 3.50. The van der Waals surface area contributed by atoms with Crippen LogP contribution in [0.1, 0.15) is 0 Å². The molecule has 0 unspecified atom stereocenters. The van der Waals surface area contributed by atoms with E-state index >= 15 is 0 Å². The van der Waals surface area contributed by atoms with Gasteiger partial charge in [0.2, 0.25) is 5.91 Å². The van der Waals surface area contributed by atoms with Gasteiger partial charge in [-0.2, -0.15) is 0 Å². The first kappa shape index (κ1) is 19.1. The molecule has 1 amide bonds. The van der Waals surface area contributed by atoms with Crippen LogP contribution < -0.4 is 10.6 Å². The highest BCUT2D eigenvalue weighted by molar-refractivity contribution is 5.82. The van der Waals surface area contributed by atoms with Gasteiger partial charge in [0.05, 0.1) is 17.7 Å². The minimum absolute atomic E-state index is 0.0544. The molecular formula is C21H23FN6O. The van der Waals surface area contributed by atoms with Crippen molar-refractivity contribution in [2.24, 2.45) is 0 Å². The standard InChI is InChI=1S/C21H23FN6O/c1-23-18-12-16(6-7-25-18)21-20(15-2-4-17(22)5-3-15)26-14-28(21)13-19(29)27-10-8-24-9-11-27/h2-7,12,14,24H,8-11,13H2,1H3,(H,23,25). The maximum atomic E-state index is 13.4. The average molecular weight is 394 g/mol. The molecule has 0 spiro atoms. The Bertz CT molecular complexity index is 995. The van der Waals surface area contributed by atoms with Crippen LogP contribution in [0.2, 0.25) is 0 Å². The molecule has 2 N–H and O–H groups in total. The van der Waals surface area contributed by atoms with Crippen LogP contribution in [0.25, 0.3) is 22.5 Å². The highest BCUT2D eigenvalue weighted by Crippen LogP contribution is 2.32. The maximum absolute atomic E-state index is 13.4. The molecule has 150 valence electrons. The van der Waals surface area contributed by atoms with Gasteiger partial charge in [-0.05, 0) is 36.4 Å². The third-order valence-corrected chi connectivity index (χ3v) is 5.02. The zero-order valence-corrected chi connectivity index (χ0v) is 16.2. The number of piperazine rings is 1. The lowest BCUT2D eigenvalue weighted by Crippen LogP contribution is -2.47. The molecule has 0 aliphatic carbocycles. The quantitative estimate of drug-likeness (QED) is 0.694. The normalized spacial score (nSPS) is 14.1. The van der Waals surface area contributed by atoms with E-state index in [0.29, 0.717) is 24.6 Å². The molecule has 29 heavy (non-hydrogen) atoms. The second-order valence-electron chi connectivity index (χ2n) is 6.89. The lowest BCUT2D eigenvalue weighted by Gasteiger charge is -2.27. The number of anilines is 1. The Kier molecular flexibility index (Phi) is 5.53. The number of nitrogens with one attached hydrogen (secondary N) is 2. The lowest BCUT2D eigenvalue weighted by atomic mass is 10.1. The largest absolute Gasteiger partial charge is 0.373 e. The highest BCUT2D eigenvalue weighted by Gasteiger charge is 2.21. The number of carbonyl (C=O) groups excluding carboxylic acids is 1. The Balaban J connectivity index is 1.74. The van der Waals surface area contributed by atoms with Crippen molar-refractivity contribution in [3.05, 3.63) is 54.7 Å². The van der Waals surface area contributed by atoms with Crippen LogP contribution in [-0.2, 0) is 11.3 Å². The number of imidazole rings is 1. The molecule has 3 heterocycles. The van der Waals surface area contributed by atoms with E-state index < -0.39 is 0 Å². The molecule has 0 atom stereocenters. The summed E-state index contributed by atoms with van der Waals surface area (Å²) >= 11 is 0. The second kappa shape index (κ2) is 8.40. The van der Waals surface area contributed by atoms with Gasteiger partial charge in [0.15, 0.2) is 0 Å². The Labute approximate surface area is 168 Å². The molecule has 1 aliphatic heterocycles. The van der Waals surface area contributed by atoms with E-state index in [1.165, 1.54) is 12.1 Å². The van der Waals surface area contributed by atoms with Crippen LogP contribution in [0.4, 0.5) is 10.2 Å². The number of amides is 1. The smallest absolute Gasteiger partial charge is 0.242 e. The van der Waals surface area contributed by atoms with Crippen LogP contribution in [-0.4, -0.2) is 58.6 Å². The van der Waals surface area contributed by atoms with E-state index in [0.717, 1.165) is 29.9 Å². The van der Waals surface area contributed by atoms with E-state index in [1.807, 2.05) is 21.6 Å². The van der Waals surface area contributed by atoms with Gasteiger partial charge in [-0.3, -0.25) is 4.79 Å². The number of rotatable bonds is 5. The highest BCUT2D eigenvalue weighted by atomic mass is 19.1. The van der Waals surface area contributed by atoms with Crippen molar-refractivity contribution >= 4 is 11.7 Å². The number of hydrogen-bond acceptors (Lipinski definition) is 5. The van der Waals surface area contributed by atoms with Gasteiger partial charge in [0.1, 0.15) is 18.2 Å². The topological polar surface area (TPSA) is 75.1 Å². The van der Waals surface area contributed by atoms with Crippen molar-refractivity contribution in [3.8, 4) is 22.5 Å². The summed E-state index contributed by atoms with van der Waals surface area (Å²) in [5, 5.41) is 6.29. The lowest BCUT2D eigenvalue weighted by molar-refractivity contribution is -0.132. The number of pyridine rings is 1. The first-order valence-electron chi connectivity index (χ1n) is 9.59. The monoisotopic (exact) mass is 394 g/mol. The summed E-state index contributed by atoms with van der Waals surface area (Å²) in [7, 11) is 1.80. The van der Waals surface area contributed by atoms with Crippen LogP contribution >= 0.6 is 0 Å². The third kappa shape index (κ3) is 4.12. The van der Waals surface area contributed by atoms with Crippen LogP contribution in [0, 0.1) is 5.82 Å². The predicted molar refractivity (Wildman–Crippen MR) is 110 cm³/mol. The molecule has 1 aromatic carbocycles. The van der Waals surface area contributed by atoms with Crippen molar-refractivity contribution in [1.82, 2.24) is 24.8 Å². The fourth-order valence-corrected chi connectivity index (χ4v) is 3.50. The third-order valence-electron chi connectivity index (χ3n) is 5.02. The summed E-state index contributed by atoms with van der Waals surface area (Å²) in [5.41, 5.74) is 3.18. The molecule has 4 rings (SSSR count). The van der Waals surface area contributed by atoms with Crippen LogP contribution in [0.5, 0.6) is 0 Å². The number of carbonyl (C=O) groups is 1. The number of nitrogens with zero attached hydrogens (tertiary/aromatic N) is 4. The summed E-state index contributed by atoms with van der Waals surface area (Å²) in [6, 6.07) is 10.0. The first-order chi connectivity index (χ1) is 14.2. The van der Waals surface area contributed by atoms with Crippen molar-refractivity contribution in [2.45, 2.75) is 6.54 Å². The maximum Gasteiger partial charge on any atom is 0.242 e. The molecule has 0 saturated carbocycles. The van der Waals surface area contributed by atoms with Crippen molar-refractivity contribution in [2.75, 3.05) is 38.5 Å². The minimum Gasteiger partial charge on any atom is -0.373 e. The van der Waals surface area contributed by atoms with Crippen molar-refractivity contribution < 1.29 is 9.18 Å². The number of benzene rings is 1. The zero-order chi connectivity index (χ0) is 20.2. The van der Waals surface area contributed by atoms with E-state index in [2.05, 4.69) is 20.6 Å². The van der Waals surface area contributed by atoms with Gasteiger partial charge in [-0.25, -0.2) is 14.4 Å². The molecule has 2 aromatic heterocycles. The zero-order valence-electron chi connectivity index (χ0n) is 16.2. The van der Waals surface area contributed by atoms with E-state index in [4.69, 9.17) is 0 Å². The summed E-state index contributed by atoms with van der Waals surface area (Å²) in [5.74, 6) is 0.470. The number of aromatic nitrogens is 3. The Hall–Kier alpha value is -3.26. The Morgan fingerprint density at radius 1 is 1.14 bits per heavy atom. The van der Waals surface area contributed by atoms with Crippen molar-refractivity contribution in [1.29, 1.82) is 0 Å². The molecular weight excluding hydrogens is 371 g/mol. The number of hydrogen-bond donors (Lipinski definition) is 2. The molecule has 0 bridgehead atoms.